The van der Waals surface area contributed by atoms with Gasteiger partial charge in [0.25, 0.3) is 0 Å². The summed E-state index contributed by atoms with van der Waals surface area (Å²) in [7, 11) is -2.86. The van der Waals surface area contributed by atoms with Crippen molar-refractivity contribution < 1.29 is 40.7 Å². The third kappa shape index (κ3) is 5.85. The normalized spacial score (nSPS) is 16.7. The molecule has 0 aliphatic carbocycles. The molecule has 168 valence electrons. The maximum absolute atomic E-state index is 12.8. The lowest BCUT2D eigenvalue weighted by atomic mass is 9.95. The van der Waals surface area contributed by atoms with E-state index in [1.54, 1.807) is 0 Å². The molecule has 1 aromatic rings. The highest BCUT2D eigenvalue weighted by molar-refractivity contribution is 7.89. The molecule has 0 atom stereocenters. The van der Waals surface area contributed by atoms with Crippen LogP contribution in [0.4, 0.5) is 13.2 Å². The van der Waals surface area contributed by atoms with Crippen LogP contribution < -0.4 is 10.1 Å². The Labute approximate surface area is 172 Å². The summed E-state index contributed by atoms with van der Waals surface area (Å²) in [4.78, 5) is 23.8. The molecule has 30 heavy (non-hydrogen) atoms. The number of nitrogens with zero attached hydrogens (tertiary/aromatic N) is 1. The van der Waals surface area contributed by atoms with E-state index in [9.17, 15) is 31.2 Å². The molecular formula is C18H23F3N2O6S. The third-order valence-electron chi connectivity index (χ3n) is 4.63. The molecule has 1 aliphatic heterocycles. The summed E-state index contributed by atoms with van der Waals surface area (Å²) in [5.74, 6) is -2.16. The van der Waals surface area contributed by atoms with Crippen molar-refractivity contribution in [3.63, 3.8) is 0 Å². The van der Waals surface area contributed by atoms with E-state index in [2.05, 4.69) is 14.8 Å². The number of hydrogen-bond acceptors (Lipinski definition) is 6. The highest BCUT2D eigenvalue weighted by Gasteiger charge is 2.37. The van der Waals surface area contributed by atoms with Crippen molar-refractivity contribution in [2.45, 2.75) is 43.5 Å². The average Bonchev–Trinajstić information content (AvgIpc) is 2.65. The zero-order valence-electron chi connectivity index (χ0n) is 16.7. The lowest BCUT2D eigenvalue weighted by molar-refractivity contribution is -0.274. The number of ether oxygens (including phenoxy) is 2. The zero-order chi connectivity index (χ0) is 22.7. The van der Waals surface area contributed by atoms with Gasteiger partial charge in [0.2, 0.25) is 15.9 Å². The molecule has 1 aromatic carbocycles. The van der Waals surface area contributed by atoms with Crippen LogP contribution in [0.5, 0.6) is 5.75 Å². The average molecular weight is 452 g/mol. The van der Waals surface area contributed by atoms with Gasteiger partial charge in [0.05, 0.1) is 12.0 Å². The molecule has 1 aliphatic rings. The second-order valence-electron chi connectivity index (χ2n) is 7.31. The summed E-state index contributed by atoms with van der Waals surface area (Å²) in [5, 5.41) is 2.59. The first-order valence-electron chi connectivity index (χ1n) is 9.02. The van der Waals surface area contributed by atoms with Gasteiger partial charge in [0, 0.05) is 25.1 Å². The summed E-state index contributed by atoms with van der Waals surface area (Å²) in [5.41, 5.74) is -1.23. The Morgan fingerprint density at radius 3 is 2.30 bits per heavy atom. The molecule has 0 aromatic heterocycles. The van der Waals surface area contributed by atoms with Gasteiger partial charge in [0.15, 0.2) is 0 Å². The van der Waals surface area contributed by atoms with E-state index in [4.69, 9.17) is 0 Å². The molecule has 0 radical (unpaired) electrons. The number of esters is 1. The second kappa shape index (κ2) is 8.80. The van der Waals surface area contributed by atoms with Crippen molar-refractivity contribution in [1.29, 1.82) is 0 Å². The summed E-state index contributed by atoms with van der Waals surface area (Å²) in [6.07, 6.45) is -4.55. The van der Waals surface area contributed by atoms with Crippen LogP contribution in [0.2, 0.25) is 0 Å². The number of piperidine rings is 1. The van der Waals surface area contributed by atoms with Gasteiger partial charge in [-0.2, -0.15) is 4.31 Å². The molecule has 0 spiro atoms. The van der Waals surface area contributed by atoms with Crippen LogP contribution in [0.15, 0.2) is 29.2 Å². The van der Waals surface area contributed by atoms with Crippen LogP contribution >= 0.6 is 0 Å². The Morgan fingerprint density at radius 2 is 1.77 bits per heavy atom. The van der Waals surface area contributed by atoms with Crippen molar-refractivity contribution in [3.05, 3.63) is 24.3 Å². The molecule has 1 fully saturated rings. The molecule has 0 bridgehead atoms. The summed E-state index contributed by atoms with van der Waals surface area (Å²) in [6, 6.07) is 4.14. The number of methoxy groups -OCH3 is 1. The van der Waals surface area contributed by atoms with Crippen molar-refractivity contribution in [1.82, 2.24) is 9.62 Å². The van der Waals surface area contributed by atoms with E-state index in [1.807, 2.05) is 0 Å². The number of carbonyl (C=O) groups is 2. The highest BCUT2D eigenvalue weighted by Crippen LogP contribution is 2.28. The predicted octanol–water partition coefficient (Wildman–Crippen LogP) is 2.05. The van der Waals surface area contributed by atoms with Gasteiger partial charge in [-0.1, -0.05) is 6.07 Å². The Kier molecular flexibility index (Phi) is 7.02. The van der Waals surface area contributed by atoms with Gasteiger partial charge >= 0.3 is 12.3 Å². The number of nitrogens with one attached hydrogen (secondary N) is 1. The summed E-state index contributed by atoms with van der Waals surface area (Å²) in [6.45, 7) is 2.99. The topological polar surface area (TPSA) is 102 Å². The number of sulfonamides is 1. The Balaban J connectivity index is 2.04. The summed E-state index contributed by atoms with van der Waals surface area (Å²) >= 11 is 0. The molecule has 2 rings (SSSR count). The highest BCUT2D eigenvalue weighted by atomic mass is 32.2. The molecule has 1 heterocycles. The lowest BCUT2D eigenvalue weighted by Crippen LogP contribution is -2.53. The van der Waals surface area contributed by atoms with E-state index in [0.717, 1.165) is 22.5 Å². The van der Waals surface area contributed by atoms with Crippen LogP contribution in [-0.4, -0.2) is 56.7 Å². The van der Waals surface area contributed by atoms with E-state index in [-0.39, 0.29) is 30.8 Å². The van der Waals surface area contributed by atoms with Crippen molar-refractivity contribution >= 4 is 21.9 Å². The van der Waals surface area contributed by atoms with E-state index < -0.39 is 45.5 Å². The van der Waals surface area contributed by atoms with E-state index >= 15 is 0 Å². The van der Waals surface area contributed by atoms with Gasteiger partial charge in [-0.05, 0) is 38.8 Å². The van der Waals surface area contributed by atoms with Gasteiger partial charge in [0.1, 0.15) is 11.3 Å². The molecule has 0 saturated carbocycles. The zero-order valence-corrected chi connectivity index (χ0v) is 17.5. The fourth-order valence-electron chi connectivity index (χ4n) is 3.06. The first-order chi connectivity index (χ1) is 13.8. The third-order valence-corrected chi connectivity index (χ3v) is 6.53. The Morgan fingerprint density at radius 1 is 1.17 bits per heavy atom. The van der Waals surface area contributed by atoms with Crippen LogP contribution in [0.1, 0.15) is 26.7 Å². The minimum absolute atomic E-state index is 0.00340. The Bertz CT molecular complexity index is 893. The smallest absolute Gasteiger partial charge is 0.467 e. The minimum Gasteiger partial charge on any atom is -0.467 e. The molecule has 1 N–H and O–H groups in total. The molecule has 12 heteroatoms. The number of benzene rings is 1. The molecule has 1 amide bonds. The van der Waals surface area contributed by atoms with Crippen LogP contribution in [0.3, 0.4) is 0 Å². The molecule has 1 saturated heterocycles. The van der Waals surface area contributed by atoms with Gasteiger partial charge in [-0.15, -0.1) is 13.2 Å². The van der Waals surface area contributed by atoms with Crippen LogP contribution in [-0.2, 0) is 24.3 Å². The van der Waals surface area contributed by atoms with E-state index in [1.165, 1.54) is 27.0 Å². The fourth-order valence-corrected chi connectivity index (χ4v) is 4.56. The minimum atomic E-state index is -4.94. The number of halogens is 3. The maximum Gasteiger partial charge on any atom is 0.573 e. The quantitative estimate of drug-likeness (QED) is 0.663. The SMILES string of the molecule is COC(=O)C(C)(C)NC(=O)C1CCN(S(=O)(=O)c2cccc(OC(F)(F)F)c2)CC1. The largest absolute Gasteiger partial charge is 0.573 e. The van der Waals surface area contributed by atoms with Crippen molar-refractivity contribution in [2.75, 3.05) is 20.2 Å². The second-order valence-corrected chi connectivity index (χ2v) is 9.24. The fraction of sp³-hybridized carbons (Fsp3) is 0.556. The summed E-state index contributed by atoms with van der Waals surface area (Å²) < 4.78 is 72.2. The first kappa shape index (κ1) is 23.9. The van der Waals surface area contributed by atoms with Crippen LogP contribution in [0, 0.1) is 5.92 Å². The standard InChI is InChI=1S/C18H23F3N2O6S/c1-17(2,16(25)28-3)22-15(24)12-7-9-23(10-8-12)30(26,27)14-6-4-5-13(11-14)29-18(19,20)21/h4-6,11-12H,7-10H2,1-3H3,(H,22,24). The van der Waals surface area contributed by atoms with Crippen molar-refractivity contribution in [3.8, 4) is 5.75 Å². The lowest BCUT2D eigenvalue weighted by Gasteiger charge is -2.32. The monoisotopic (exact) mass is 452 g/mol. The Hall–Kier alpha value is -2.34. The predicted molar refractivity (Wildman–Crippen MR) is 98.8 cm³/mol. The number of amides is 1. The van der Waals surface area contributed by atoms with Gasteiger partial charge in [-0.25, -0.2) is 13.2 Å². The van der Waals surface area contributed by atoms with Gasteiger partial charge < -0.3 is 14.8 Å². The maximum atomic E-state index is 12.8. The number of carbonyl (C=O) groups excluding carboxylic acids is 2. The molecule has 8 nitrogen and oxygen atoms in total. The van der Waals surface area contributed by atoms with Crippen LogP contribution in [0.25, 0.3) is 0 Å². The molecule has 0 unspecified atom stereocenters. The van der Waals surface area contributed by atoms with Gasteiger partial charge in [-0.3, -0.25) is 4.79 Å². The number of alkyl halides is 3. The van der Waals surface area contributed by atoms with Crippen molar-refractivity contribution in [2.24, 2.45) is 5.92 Å². The molecular weight excluding hydrogens is 429 g/mol. The number of rotatable bonds is 6. The number of hydrogen-bond donors (Lipinski definition) is 1. The first-order valence-corrected chi connectivity index (χ1v) is 10.5. The van der Waals surface area contributed by atoms with E-state index in [0.29, 0.717) is 0 Å².